The smallest absolute Gasteiger partial charge is 0.0859 e. The van der Waals surface area contributed by atoms with Crippen molar-refractivity contribution in [3.05, 3.63) is 11.4 Å². The molecule has 3 nitrogen and oxygen atoms in total. The molecule has 1 aromatic heterocycles. The molecule has 2 aliphatic carbocycles. The zero-order chi connectivity index (χ0) is 10.4. The molecular weight excluding hydrogens is 186 g/mol. The van der Waals surface area contributed by atoms with E-state index in [9.17, 15) is 0 Å². The standard InChI is InChI=1S/C12H19N3/c1-3-15-12-7-5-10-8(2)9(10)4-6-11(12)13-14-15/h8-10H,3-7H2,1-2H3/t8-,9?,10?/m1/s1. The maximum Gasteiger partial charge on any atom is 0.0859 e. The highest BCUT2D eigenvalue weighted by molar-refractivity contribution is 5.14. The molecule has 0 amide bonds. The van der Waals surface area contributed by atoms with Crippen LogP contribution in [0.2, 0.25) is 0 Å². The summed E-state index contributed by atoms with van der Waals surface area (Å²) in [7, 11) is 0. The molecule has 2 unspecified atom stereocenters. The molecule has 1 aromatic rings. The second-order valence-corrected chi connectivity index (χ2v) is 5.06. The Morgan fingerprint density at radius 1 is 1.27 bits per heavy atom. The van der Waals surface area contributed by atoms with Crippen molar-refractivity contribution in [3.8, 4) is 0 Å². The van der Waals surface area contributed by atoms with Gasteiger partial charge in [-0.25, -0.2) is 4.68 Å². The molecule has 1 fully saturated rings. The van der Waals surface area contributed by atoms with E-state index in [1.54, 1.807) is 0 Å². The Morgan fingerprint density at radius 3 is 2.73 bits per heavy atom. The molecule has 1 heterocycles. The highest BCUT2D eigenvalue weighted by Gasteiger charge is 2.46. The van der Waals surface area contributed by atoms with E-state index in [0.717, 1.165) is 30.7 Å². The van der Waals surface area contributed by atoms with Crippen LogP contribution in [0.3, 0.4) is 0 Å². The van der Waals surface area contributed by atoms with Crippen molar-refractivity contribution < 1.29 is 0 Å². The summed E-state index contributed by atoms with van der Waals surface area (Å²) < 4.78 is 2.09. The summed E-state index contributed by atoms with van der Waals surface area (Å²) in [6.45, 7) is 5.52. The molecule has 0 saturated heterocycles. The molecular formula is C12H19N3. The van der Waals surface area contributed by atoms with Crippen molar-refractivity contribution in [3.63, 3.8) is 0 Å². The summed E-state index contributed by atoms with van der Waals surface area (Å²) in [5.41, 5.74) is 2.68. The Morgan fingerprint density at radius 2 is 2.00 bits per heavy atom. The van der Waals surface area contributed by atoms with E-state index in [4.69, 9.17) is 0 Å². The Bertz CT molecular complexity index is 369. The predicted octanol–water partition coefficient (Wildman–Crippen LogP) is 2.06. The molecule has 0 aromatic carbocycles. The van der Waals surface area contributed by atoms with E-state index in [2.05, 4.69) is 28.8 Å². The highest BCUT2D eigenvalue weighted by Crippen LogP contribution is 2.52. The van der Waals surface area contributed by atoms with Gasteiger partial charge in [0.05, 0.1) is 11.4 Å². The first kappa shape index (κ1) is 9.37. The van der Waals surface area contributed by atoms with Crippen molar-refractivity contribution in [2.75, 3.05) is 0 Å². The van der Waals surface area contributed by atoms with E-state index >= 15 is 0 Å². The molecule has 15 heavy (non-hydrogen) atoms. The van der Waals surface area contributed by atoms with Gasteiger partial charge in [0.25, 0.3) is 0 Å². The van der Waals surface area contributed by atoms with Crippen molar-refractivity contribution in [1.29, 1.82) is 0 Å². The minimum atomic E-state index is 0.964. The molecule has 3 atom stereocenters. The van der Waals surface area contributed by atoms with Crippen LogP contribution in [0.1, 0.15) is 38.1 Å². The summed E-state index contributed by atoms with van der Waals surface area (Å²) in [5, 5.41) is 8.55. The molecule has 3 rings (SSSR count). The average Bonchev–Trinajstić information content (AvgIpc) is 2.67. The van der Waals surface area contributed by atoms with Gasteiger partial charge in [-0.15, -0.1) is 5.10 Å². The number of aryl methyl sites for hydroxylation is 2. The first-order valence-corrected chi connectivity index (χ1v) is 6.22. The lowest BCUT2D eigenvalue weighted by Gasteiger charge is -2.09. The van der Waals surface area contributed by atoms with E-state index in [1.807, 2.05) is 0 Å². The number of hydrogen-bond donors (Lipinski definition) is 0. The molecule has 1 saturated carbocycles. The van der Waals surface area contributed by atoms with Gasteiger partial charge in [0.15, 0.2) is 0 Å². The van der Waals surface area contributed by atoms with Gasteiger partial charge in [0.1, 0.15) is 0 Å². The normalized spacial score (nSPS) is 33.9. The first-order valence-electron chi connectivity index (χ1n) is 6.22. The van der Waals surface area contributed by atoms with Gasteiger partial charge >= 0.3 is 0 Å². The van der Waals surface area contributed by atoms with Gasteiger partial charge in [-0.2, -0.15) is 0 Å². The zero-order valence-corrected chi connectivity index (χ0v) is 9.61. The lowest BCUT2D eigenvalue weighted by molar-refractivity contribution is 0.548. The number of fused-ring (bicyclic) bond motifs is 2. The highest BCUT2D eigenvalue weighted by atomic mass is 15.4. The van der Waals surface area contributed by atoms with Crippen LogP contribution < -0.4 is 0 Å². The minimum absolute atomic E-state index is 0.964. The Labute approximate surface area is 90.9 Å². The van der Waals surface area contributed by atoms with E-state index < -0.39 is 0 Å². The van der Waals surface area contributed by atoms with Crippen molar-refractivity contribution in [2.45, 2.75) is 46.1 Å². The molecule has 0 bridgehead atoms. The molecule has 3 heteroatoms. The van der Waals surface area contributed by atoms with Gasteiger partial charge < -0.3 is 0 Å². The molecule has 0 aliphatic heterocycles. The number of hydrogen-bond acceptors (Lipinski definition) is 2. The fourth-order valence-corrected chi connectivity index (χ4v) is 3.29. The maximum absolute atomic E-state index is 4.32. The zero-order valence-electron chi connectivity index (χ0n) is 9.61. The second-order valence-electron chi connectivity index (χ2n) is 5.06. The van der Waals surface area contributed by atoms with Crippen molar-refractivity contribution >= 4 is 0 Å². The van der Waals surface area contributed by atoms with Crippen molar-refractivity contribution in [2.24, 2.45) is 17.8 Å². The summed E-state index contributed by atoms with van der Waals surface area (Å²) in [6.07, 6.45) is 5.04. The largest absolute Gasteiger partial charge is 0.249 e. The summed E-state index contributed by atoms with van der Waals surface area (Å²) >= 11 is 0. The Balaban J connectivity index is 1.85. The number of rotatable bonds is 1. The van der Waals surface area contributed by atoms with Crippen LogP contribution >= 0.6 is 0 Å². The molecule has 2 aliphatic rings. The third-order valence-electron chi connectivity index (χ3n) is 4.41. The summed E-state index contributed by atoms with van der Waals surface area (Å²) in [6, 6.07) is 0. The van der Waals surface area contributed by atoms with Gasteiger partial charge in [-0.1, -0.05) is 12.1 Å². The van der Waals surface area contributed by atoms with Gasteiger partial charge in [0, 0.05) is 6.54 Å². The minimum Gasteiger partial charge on any atom is -0.249 e. The first-order chi connectivity index (χ1) is 7.31. The van der Waals surface area contributed by atoms with Gasteiger partial charge in [-0.3, -0.25) is 0 Å². The van der Waals surface area contributed by atoms with E-state index in [-0.39, 0.29) is 0 Å². The molecule has 0 radical (unpaired) electrons. The average molecular weight is 205 g/mol. The molecule has 0 spiro atoms. The number of aromatic nitrogens is 3. The van der Waals surface area contributed by atoms with Crippen LogP contribution in [-0.4, -0.2) is 15.0 Å². The lowest BCUT2D eigenvalue weighted by atomic mass is 10.0. The van der Waals surface area contributed by atoms with E-state index in [0.29, 0.717) is 0 Å². The van der Waals surface area contributed by atoms with Crippen LogP contribution in [0.15, 0.2) is 0 Å². The van der Waals surface area contributed by atoms with Gasteiger partial charge in [-0.05, 0) is 50.4 Å². The Hall–Kier alpha value is -0.860. The van der Waals surface area contributed by atoms with Crippen LogP contribution in [0.4, 0.5) is 0 Å². The topological polar surface area (TPSA) is 30.7 Å². The quantitative estimate of drug-likeness (QED) is 0.702. The van der Waals surface area contributed by atoms with Crippen molar-refractivity contribution in [1.82, 2.24) is 15.0 Å². The molecule has 82 valence electrons. The Kier molecular flexibility index (Phi) is 2.08. The lowest BCUT2D eigenvalue weighted by Crippen LogP contribution is -2.07. The fraction of sp³-hybridized carbons (Fsp3) is 0.833. The van der Waals surface area contributed by atoms with Crippen LogP contribution in [0, 0.1) is 17.8 Å². The summed E-state index contributed by atoms with van der Waals surface area (Å²) in [5.74, 6) is 2.96. The van der Waals surface area contributed by atoms with Crippen LogP contribution in [0.5, 0.6) is 0 Å². The monoisotopic (exact) mass is 205 g/mol. The van der Waals surface area contributed by atoms with Gasteiger partial charge in [0.2, 0.25) is 0 Å². The van der Waals surface area contributed by atoms with Crippen LogP contribution in [-0.2, 0) is 19.4 Å². The van der Waals surface area contributed by atoms with Crippen LogP contribution in [0.25, 0.3) is 0 Å². The SMILES string of the molecule is CCn1nnc2c1CCC1C(CC2)[C@H]1C. The van der Waals surface area contributed by atoms with E-state index in [1.165, 1.54) is 30.7 Å². The fourth-order valence-electron chi connectivity index (χ4n) is 3.29. The third-order valence-corrected chi connectivity index (χ3v) is 4.41. The summed E-state index contributed by atoms with van der Waals surface area (Å²) in [4.78, 5) is 0. The maximum atomic E-state index is 4.32. The molecule has 0 N–H and O–H groups in total. The third kappa shape index (κ3) is 1.40. The second kappa shape index (κ2) is 3.32. The number of nitrogens with zero attached hydrogens (tertiary/aromatic N) is 3. The predicted molar refractivity (Wildman–Crippen MR) is 58.5 cm³/mol.